The number of rotatable bonds is 4. The van der Waals surface area contributed by atoms with Crippen LogP contribution in [0.2, 0.25) is 0 Å². The number of benzene rings is 1. The molecule has 7 heteroatoms. The quantitative estimate of drug-likeness (QED) is 0.784. The van der Waals surface area contributed by atoms with Crippen LogP contribution in [0.3, 0.4) is 0 Å². The third kappa shape index (κ3) is 4.04. The topological polar surface area (TPSA) is 60.3 Å². The van der Waals surface area contributed by atoms with Crippen molar-refractivity contribution in [2.75, 3.05) is 18.8 Å². The van der Waals surface area contributed by atoms with E-state index in [1.54, 1.807) is 0 Å². The van der Waals surface area contributed by atoms with Crippen molar-refractivity contribution < 1.29 is 9.53 Å². The highest BCUT2D eigenvalue weighted by Crippen LogP contribution is 2.25. The Hall–Kier alpha value is -1.86. The van der Waals surface area contributed by atoms with Gasteiger partial charge in [0, 0.05) is 25.7 Å². The lowest BCUT2D eigenvalue weighted by Gasteiger charge is -2.35. The molecule has 2 atom stereocenters. The standard InChI is InChI=1S/C18H24N4O2S/c1-12-7-5-6-8-15(12)17-19-20-18(21(17)4)25-11-16(23)22-9-13(2)24-14(3)10-22/h5-8,13-14H,9-11H2,1-4H3/t13-,14-/m1/s1. The van der Waals surface area contributed by atoms with Crippen molar-refractivity contribution in [2.24, 2.45) is 7.05 Å². The number of carbonyl (C=O) groups is 1. The van der Waals surface area contributed by atoms with E-state index >= 15 is 0 Å². The zero-order valence-electron chi connectivity index (χ0n) is 15.1. The monoisotopic (exact) mass is 360 g/mol. The number of nitrogens with zero attached hydrogens (tertiary/aromatic N) is 4. The normalized spacial score (nSPS) is 20.7. The summed E-state index contributed by atoms with van der Waals surface area (Å²) in [5.41, 5.74) is 2.22. The molecule has 25 heavy (non-hydrogen) atoms. The Kier molecular flexibility index (Phi) is 5.44. The van der Waals surface area contributed by atoms with Crippen LogP contribution >= 0.6 is 11.8 Å². The Morgan fingerprint density at radius 3 is 2.60 bits per heavy atom. The number of hydrogen-bond acceptors (Lipinski definition) is 5. The Labute approximate surface area is 152 Å². The molecular formula is C18H24N4O2S. The van der Waals surface area contributed by atoms with Crippen molar-refractivity contribution >= 4 is 17.7 Å². The molecule has 1 aliphatic rings. The molecule has 1 saturated heterocycles. The SMILES string of the molecule is Cc1ccccc1-c1nnc(SCC(=O)N2C[C@@H](C)O[C@H](C)C2)n1C. The average molecular weight is 360 g/mol. The fourth-order valence-electron chi connectivity index (χ4n) is 3.10. The Morgan fingerprint density at radius 1 is 1.24 bits per heavy atom. The Morgan fingerprint density at radius 2 is 1.92 bits per heavy atom. The summed E-state index contributed by atoms with van der Waals surface area (Å²) in [6.45, 7) is 7.36. The number of aromatic nitrogens is 3. The second kappa shape index (κ2) is 7.58. The largest absolute Gasteiger partial charge is 0.372 e. The maximum atomic E-state index is 12.5. The lowest BCUT2D eigenvalue weighted by Crippen LogP contribution is -2.48. The molecule has 1 aromatic heterocycles. The summed E-state index contributed by atoms with van der Waals surface area (Å²) in [5, 5.41) is 9.32. The first kappa shape index (κ1) is 17.9. The van der Waals surface area contributed by atoms with E-state index in [4.69, 9.17) is 4.74 Å². The number of carbonyl (C=O) groups excluding carboxylic acids is 1. The van der Waals surface area contributed by atoms with Crippen LogP contribution in [0.5, 0.6) is 0 Å². The van der Waals surface area contributed by atoms with Gasteiger partial charge in [0.25, 0.3) is 0 Å². The number of ether oxygens (including phenoxy) is 1. The van der Waals surface area contributed by atoms with E-state index in [-0.39, 0.29) is 18.1 Å². The molecule has 2 aromatic rings. The number of hydrogen-bond donors (Lipinski definition) is 0. The van der Waals surface area contributed by atoms with Gasteiger partial charge in [-0.15, -0.1) is 10.2 Å². The molecule has 0 radical (unpaired) electrons. The molecule has 0 N–H and O–H groups in total. The molecule has 1 amide bonds. The van der Waals surface area contributed by atoms with Gasteiger partial charge >= 0.3 is 0 Å². The van der Waals surface area contributed by atoms with Gasteiger partial charge in [-0.2, -0.15) is 0 Å². The molecule has 0 bridgehead atoms. The summed E-state index contributed by atoms with van der Waals surface area (Å²) >= 11 is 1.43. The van der Waals surface area contributed by atoms with Gasteiger partial charge in [-0.3, -0.25) is 4.79 Å². The third-order valence-electron chi connectivity index (χ3n) is 4.32. The van der Waals surface area contributed by atoms with Crippen molar-refractivity contribution in [1.29, 1.82) is 0 Å². The molecule has 0 spiro atoms. The molecule has 2 heterocycles. The molecule has 1 fully saturated rings. The summed E-state index contributed by atoms with van der Waals surface area (Å²) in [7, 11) is 1.94. The van der Waals surface area contributed by atoms with Gasteiger partial charge in [-0.1, -0.05) is 36.0 Å². The van der Waals surface area contributed by atoms with E-state index in [9.17, 15) is 4.79 Å². The van der Waals surface area contributed by atoms with E-state index in [0.717, 1.165) is 22.1 Å². The van der Waals surface area contributed by atoms with Crippen LogP contribution < -0.4 is 0 Å². The van der Waals surface area contributed by atoms with Crippen LogP contribution in [0.4, 0.5) is 0 Å². The highest BCUT2D eigenvalue weighted by molar-refractivity contribution is 7.99. The molecule has 0 aliphatic carbocycles. The molecule has 1 aliphatic heterocycles. The second-order valence-corrected chi connectivity index (χ2v) is 7.47. The zero-order valence-corrected chi connectivity index (χ0v) is 15.9. The first-order valence-corrected chi connectivity index (χ1v) is 9.45. The smallest absolute Gasteiger partial charge is 0.233 e. The van der Waals surface area contributed by atoms with Gasteiger partial charge in [-0.25, -0.2) is 0 Å². The minimum absolute atomic E-state index is 0.0835. The Bertz CT molecular complexity index is 751. The number of aryl methyl sites for hydroxylation is 1. The van der Waals surface area contributed by atoms with Crippen molar-refractivity contribution in [2.45, 2.75) is 38.1 Å². The summed E-state index contributed by atoms with van der Waals surface area (Å²) < 4.78 is 7.63. The van der Waals surface area contributed by atoms with Crippen molar-refractivity contribution in [3.63, 3.8) is 0 Å². The van der Waals surface area contributed by atoms with Gasteiger partial charge in [0.1, 0.15) is 0 Å². The summed E-state index contributed by atoms with van der Waals surface area (Å²) in [5.74, 6) is 1.30. The van der Waals surface area contributed by atoms with Crippen molar-refractivity contribution in [1.82, 2.24) is 19.7 Å². The van der Waals surface area contributed by atoms with E-state index in [1.807, 2.05) is 48.6 Å². The van der Waals surface area contributed by atoms with Crippen molar-refractivity contribution in [3.8, 4) is 11.4 Å². The van der Waals surface area contributed by atoms with Crippen LogP contribution in [-0.4, -0.2) is 56.6 Å². The molecule has 6 nitrogen and oxygen atoms in total. The predicted molar refractivity (Wildman–Crippen MR) is 98.5 cm³/mol. The lowest BCUT2D eigenvalue weighted by molar-refractivity contribution is -0.140. The Balaban J connectivity index is 1.66. The molecule has 3 rings (SSSR count). The van der Waals surface area contributed by atoms with E-state index in [2.05, 4.69) is 23.2 Å². The zero-order chi connectivity index (χ0) is 18.0. The maximum absolute atomic E-state index is 12.5. The summed E-state index contributed by atoms with van der Waals surface area (Å²) in [6.07, 6.45) is 0.167. The molecule has 0 saturated carbocycles. The van der Waals surface area contributed by atoms with E-state index in [0.29, 0.717) is 18.8 Å². The van der Waals surface area contributed by atoms with Gasteiger partial charge in [0.05, 0.1) is 18.0 Å². The van der Waals surface area contributed by atoms with Crippen LogP contribution in [0.15, 0.2) is 29.4 Å². The highest BCUT2D eigenvalue weighted by Gasteiger charge is 2.26. The second-order valence-electron chi connectivity index (χ2n) is 6.52. The van der Waals surface area contributed by atoms with Crippen molar-refractivity contribution in [3.05, 3.63) is 29.8 Å². The first-order valence-electron chi connectivity index (χ1n) is 8.47. The molecule has 0 unspecified atom stereocenters. The predicted octanol–water partition coefficient (Wildman–Crippen LogP) is 2.52. The van der Waals surface area contributed by atoms with Crippen LogP contribution in [0.25, 0.3) is 11.4 Å². The van der Waals surface area contributed by atoms with E-state index < -0.39 is 0 Å². The summed E-state index contributed by atoms with van der Waals surface area (Å²) in [4.78, 5) is 14.4. The van der Waals surface area contributed by atoms with Gasteiger partial charge in [0.15, 0.2) is 11.0 Å². The first-order chi connectivity index (χ1) is 12.0. The molecule has 1 aromatic carbocycles. The number of amides is 1. The average Bonchev–Trinajstić information content (AvgIpc) is 2.93. The van der Waals surface area contributed by atoms with Crippen LogP contribution in [-0.2, 0) is 16.6 Å². The number of morpholine rings is 1. The van der Waals surface area contributed by atoms with Gasteiger partial charge in [-0.05, 0) is 26.3 Å². The number of thioether (sulfide) groups is 1. The van der Waals surface area contributed by atoms with Crippen LogP contribution in [0, 0.1) is 6.92 Å². The molecular weight excluding hydrogens is 336 g/mol. The van der Waals surface area contributed by atoms with Gasteiger partial charge < -0.3 is 14.2 Å². The minimum Gasteiger partial charge on any atom is -0.372 e. The fraction of sp³-hybridized carbons (Fsp3) is 0.500. The lowest BCUT2D eigenvalue weighted by atomic mass is 10.1. The minimum atomic E-state index is 0.0835. The highest BCUT2D eigenvalue weighted by atomic mass is 32.2. The maximum Gasteiger partial charge on any atom is 0.233 e. The van der Waals surface area contributed by atoms with Crippen LogP contribution in [0.1, 0.15) is 19.4 Å². The third-order valence-corrected chi connectivity index (χ3v) is 5.32. The summed E-state index contributed by atoms with van der Waals surface area (Å²) in [6, 6.07) is 8.10. The van der Waals surface area contributed by atoms with E-state index in [1.165, 1.54) is 11.8 Å². The fourth-order valence-corrected chi connectivity index (χ4v) is 3.91. The van der Waals surface area contributed by atoms with Gasteiger partial charge in [0.2, 0.25) is 5.91 Å². The molecule has 134 valence electrons.